The summed E-state index contributed by atoms with van der Waals surface area (Å²) < 4.78 is 11.3. The molecule has 0 saturated carbocycles. The van der Waals surface area contributed by atoms with Crippen LogP contribution in [0.5, 0.6) is 11.5 Å². The molecule has 0 unspecified atom stereocenters. The molecule has 144 valence electrons. The number of hydrogen-bond donors (Lipinski definition) is 1. The first-order chi connectivity index (χ1) is 12.9. The SMILES string of the molecule is COc1ccc(CCC(=O)N(C)CC(=O)Nc2ccccc2Br)cc1OC. The van der Waals surface area contributed by atoms with Crippen LogP contribution in [0, 0.1) is 0 Å². The summed E-state index contributed by atoms with van der Waals surface area (Å²) in [7, 11) is 4.77. The molecule has 7 heteroatoms. The molecule has 0 aliphatic rings. The van der Waals surface area contributed by atoms with E-state index in [1.54, 1.807) is 27.3 Å². The van der Waals surface area contributed by atoms with Gasteiger partial charge in [0.05, 0.1) is 26.5 Å². The third kappa shape index (κ3) is 5.99. The molecule has 6 nitrogen and oxygen atoms in total. The Morgan fingerprint density at radius 2 is 1.78 bits per heavy atom. The number of ether oxygens (including phenoxy) is 2. The van der Waals surface area contributed by atoms with Crippen molar-refractivity contribution in [3.8, 4) is 11.5 Å². The van der Waals surface area contributed by atoms with Gasteiger partial charge >= 0.3 is 0 Å². The van der Waals surface area contributed by atoms with Gasteiger partial charge in [0.2, 0.25) is 11.8 Å². The number of carbonyl (C=O) groups excluding carboxylic acids is 2. The average molecular weight is 435 g/mol. The van der Waals surface area contributed by atoms with Gasteiger partial charge in [-0.25, -0.2) is 0 Å². The molecular weight excluding hydrogens is 412 g/mol. The number of halogens is 1. The van der Waals surface area contributed by atoms with Gasteiger partial charge < -0.3 is 19.7 Å². The van der Waals surface area contributed by atoms with Crippen LogP contribution >= 0.6 is 15.9 Å². The fourth-order valence-corrected chi connectivity index (χ4v) is 2.92. The normalized spacial score (nSPS) is 10.2. The van der Waals surface area contributed by atoms with Crippen LogP contribution in [0.15, 0.2) is 46.9 Å². The third-order valence-corrected chi connectivity index (χ3v) is 4.72. The van der Waals surface area contributed by atoms with E-state index in [9.17, 15) is 9.59 Å². The summed E-state index contributed by atoms with van der Waals surface area (Å²) >= 11 is 3.38. The quantitative estimate of drug-likeness (QED) is 0.690. The zero-order valence-electron chi connectivity index (χ0n) is 15.6. The molecule has 0 saturated heterocycles. The first kappa shape index (κ1) is 20.8. The van der Waals surface area contributed by atoms with Gasteiger partial charge in [-0.15, -0.1) is 0 Å². The van der Waals surface area contributed by atoms with Gasteiger partial charge in [0.25, 0.3) is 0 Å². The molecule has 27 heavy (non-hydrogen) atoms. The highest BCUT2D eigenvalue weighted by Crippen LogP contribution is 2.28. The number of benzene rings is 2. The Morgan fingerprint density at radius 1 is 1.07 bits per heavy atom. The minimum atomic E-state index is -0.246. The van der Waals surface area contributed by atoms with E-state index >= 15 is 0 Å². The zero-order chi connectivity index (χ0) is 19.8. The molecule has 0 aliphatic heterocycles. The van der Waals surface area contributed by atoms with Crippen LogP contribution in [-0.4, -0.2) is 44.5 Å². The highest BCUT2D eigenvalue weighted by Gasteiger charge is 2.14. The van der Waals surface area contributed by atoms with Crippen LogP contribution in [0.25, 0.3) is 0 Å². The van der Waals surface area contributed by atoms with Crippen molar-refractivity contribution >= 4 is 33.4 Å². The molecule has 2 amide bonds. The lowest BCUT2D eigenvalue weighted by atomic mass is 10.1. The maximum Gasteiger partial charge on any atom is 0.244 e. The van der Waals surface area contributed by atoms with E-state index in [1.165, 1.54) is 4.90 Å². The Hall–Kier alpha value is -2.54. The van der Waals surface area contributed by atoms with Crippen LogP contribution in [0.1, 0.15) is 12.0 Å². The minimum Gasteiger partial charge on any atom is -0.493 e. The molecule has 0 bridgehead atoms. The lowest BCUT2D eigenvalue weighted by Gasteiger charge is -2.17. The van der Waals surface area contributed by atoms with Crippen LogP contribution in [0.3, 0.4) is 0 Å². The Balaban J connectivity index is 1.86. The number of methoxy groups -OCH3 is 2. The van der Waals surface area contributed by atoms with Crippen molar-refractivity contribution in [2.24, 2.45) is 0 Å². The van der Waals surface area contributed by atoms with Crippen LogP contribution in [0.4, 0.5) is 5.69 Å². The van der Waals surface area contributed by atoms with Gasteiger partial charge in [-0.05, 0) is 52.2 Å². The standard InChI is InChI=1S/C20H23BrN2O4/c1-23(13-19(24)22-16-7-5-4-6-15(16)21)20(25)11-9-14-8-10-17(26-2)18(12-14)27-3/h4-8,10,12H,9,11,13H2,1-3H3,(H,22,24). The van der Waals surface area contributed by atoms with Crippen LogP contribution < -0.4 is 14.8 Å². The molecule has 2 rings (SSSR count). The Labute approximate surface area is 167 Å². The second-order valence-electron chi connectivity index (χ2n) is 5.97. The maximum absolute atomic E-state index is 12.3. The number of para-hydroxylation sites is 1. The number of carbonyl (C=O) groups is 2. The van der Waals surface area contributed by atoms with Crippen molar-refractivity contribution in [1.82, 2.24) is 4.90 Å². The number of anilines is 1. The van der Waals surface area contributed by atoms with Crippen LogP contribution in [-0.2, 0) is 16.0 Å². The molecular formula is C20H23BrN2O4. The van der Waals surface area contributed by atoms with Crippen molar-refractivity contribution in [1.29, 1.82) is 0 Å². The predicted molar refractivity (Wildman–Crippen MR) is 108 cm³/mol. The molecule has 0 atom stereocenters. The van der Waals surface area contributed by atoms with Gasteiger partial charge in [-0.2, -0.15) is 0 Å². The molecule has 0 fully saturated rings. The summed E-state index contributed by atoms with van der Waals surface area (Å²) in [5.41, 5.74) is 1.64. The van der Waals surface area contributed by atoms with Gasteiger partial charge in [-0.3, -0.25) is 9.59 Å². The van der Waals surface area contributed by atoms with E-state index in [0.29, 0.717) is 30.0 Å². The van der Waals surface area contributed by atoms with E-state index in [1.807, 2.05) is 36.4 Å². The van der Waals surface area contributed by atoms with E-state index in [0.717, 1.165) is 10.0 Å². The lowest BCUT2D eigenvalue weighted by Crippen LogP contribution is -2.35. The fraction of sp³-hybridized carbons (Fsp3) is 0.300. The predicted octanol–water partition coefficient (Wildman–Crippen LogP) is 3.50. The second kappa shape index (κ2) is 9.97. The van der Waals surface area contributed by atoms with Crippen molar-refractivity contribution in [3.63, 3.8) is 0 Å². The zero-order valence-corrected chi connectivity index (χ0v) is 17.2. The first-order valence-electron chi connectivity index (χ1n) is 8.44. The summed E-state index contributed by atoms with van der Waals surface area (Å²) in [4.78, 5) is 25.9. The molecule has 0 aromatic heterocycles. The minimum absolute atomic E-state index is 0.00784. The smallest absolute Gasteiger partial charge is 0.244 e. The first-order valence-corrected chi connectivity index (χ1v) is 9.23. The highest BCUT2D eigenvalue weighted by atomic mass is 79.9. The molecule has 0 radical (unpaired) electrons. The van der Waals surface area contributed by atoms with Crippen LogP contribution in [0.2, 0.25) is 0 Å². The summed E-state index contributed by atoms with van der Waals surface area (Å²) in [6.07, 6.45) is 0.851. The fourth-order valence-electron chi connectivity index (χ4n) is 2.53. The maximum atomic E-state index is 12.3. The molecule has 0 heterocycles. The van der Waals surface area contributed by atoms with E-state index < -0.39 is 0 Å². The van der Waals surface area contributed by atoms with Gasteiger partial charge in [-0.1, -0.05) is 18.2 Å². The highest BCUT2D eigenvalue weighted by molar-refractivity contribution is 9.10. The van der Waals surface area contributed by atoms with E-state index in [4.69, 9.17) is 9.47 Å². The summed E-state index contributed by atoms with van der Waals surface area (Å²) in [5, 5.41) is 2.79. The monoisotopic (exact) mass is 434 g/mol. The van der Waals surface area contributed by atoms with Gasteiger partial charge in [0.15, 0.2) is 11.5 Å². The summed E-state index contributed by atoms with van der Waals surface area (Å²) in [6, 6.07) is 12.9. The second-order valence-corrected chi connectivity index (χ2v) is 6.82. The van der Waals surface area contributed by atoms with Crippen molar-refractivity contribution in [2.45, 2.75) is 12.8 Å². The lowest BCUT2D eigenvalue weighted by molar-refractivity contribution is -0.133. The van der Waals surface area contributed by atoms with E-state index in [-0.39, 0.29) is 18.4 Å². The van der Waals surface area contributed by atoms with E-state index in [2.05, 4.69) is 21.2 Å². The summed E-state index contributed by atoms with van der Waals surface area (Å²) in [6.45, 7) is -0.00784. The Kier molecular flexibility index (Phi) is 7.67. The van der Waals surface area contributed by atoms with Crippen molar-refractivity contribution in [3.05, 3.63) is 52.5 Å². The molecule has 0 aliphatic carbocycles. The number of nitrogens with one attached hydrogen (secondary N) is 1. The molecule has 2 aromatic rings. The third-order valence-electron chi connectivity index (χ3n) is 4.03. The Bertz CT molecular complexity index is 810. The van der Waals surface area contributed by atoms with Crippen molar-refractivity contribution in [2.75, 3.05) is 33.1 Å². The molecule has 1 N–H and O–H groups in total. The number of rotatable bonds is 8. The number of hydrogen-bond acceptors (Lipinski definition) is 4. The van der Waals surface area contributed by atoms with Crippen molar-refractivity contribution < 1.29 is 19.1 Å². The van der Waals surface area contributed by atoms with Gasteiger partial charge in [0, 0.05) is 17.9 Å². The largest absolute Gasteiger partial charge is 0.493 e. The molecule has 2 aromatic carbocycles. The number of nitrogens with zero attached hydrogens (tertiary/aromatic N) is 1. The average Bonchev–Trinajstić information content (AvgIpc) is 2.67. The number of aryl methyl sites for hydroxylation is 1. The van der Waals surface area contributed by atoms with Gasteiger partial charge in [0.1, 0.15) is 0 Å². The molecule has 0 spiro atoms. The number of amides is 2. The number of likely N-dealkylation sites (N-methyl/N-ethyl adjacent to an activating group) is 1. The topological polar surface area (TPSA) is 67.9 Å². The summed E-state index contributed by atoms with van der Waals surface area (Å²) in [5.74, 6) is 0.924. The Morgan fingerprint density at radius 3 is 2.44 bits per heavy atom.